The van der Waals surface area contributed by atoms with Gasteiger partial charge in [-0.1, -0.05) is 30.3 Å². The average molecular weight is 363 g/mol. The summed E-state index contributed by atoms with van der Waals surface area (Å²) in [5.41, 5.74) is 3.24. The Morgan fingerprint density at radius 3 is 2.74 bits per heavy atom. The van der Waals surface area contributed by atoms with Gasteiger partial charge in [0.1, 0.15) is 0 Å². The molecule has 0 aliphatic carbocycles. The van der Waals surface area contributed by atoms with Crippen LogP contribution in [-0.4, -0.2) is 40.3 Å². The number of fused-ring (bicyclic) bond motifs is 1. The third kappa shape index (κ3) is 4.37. The fourth-order valence-electron chi connectivity index (χ4n) is 4.08. The third-order valence-corrected chi connectivity index (χ3v) is 5.46. The quantitative estimate of drug-likeness (QED) is 0.660. The number of nitrogens with one attached hydrogen (secondary N) is 2. The highest BCUT2D eigenvalue weighted by Gasteiger charge is 2.21. The van der Waals surface area contributed by atoms with Gasteiger partial charge in [0.2, 0.25) is 0 Å². The molecule has 3 aromatic rings. The molecule has 4 rings (SSSR count). The van der Waals surface area contributed by atoms with Gasteiger partial charge in [0.25, 0.3) is 0 Å². The molecule has 1 fully saturated rings. The first-order valence-electron chi connectivity index (χ1n) is 9.69. The van der Waals surface area contributed by atoms with Crippen molar-refractivity contribution in [2.45, 2.75) is 25.7 Å². The smallest absolute Gasteiger partial charge is 0.306 e. The molecule has 0 radical (unpaired) electrons. The fraction of sp³-hybridized carbons (Fsp3) is 0.364. The number of ketones is 1. The van der Waals surface area contributed by atoms with Gasteiger partial charge in [-0.05, 0) is 55.5 Å². The van der Waals surface area contributed by atoms with E-state index in [1.807, 2.05) is 0 Å². The standard InChI is InChI=1S/C22H25N3O2/c26-21(18-8-9-19-20(14-18)24-22(27)23-19)10-12-25-11-4-7-17(15-25)13-16-5-2-1-3-6-16/h1-3,5-6,8-9,14,17H,4,7,10-13,15H2,(H2,23,24,27)/t17-/m1/s1. The van der Waals surface area contributed by atoms with E-state index in [0.717, 1.165) is 31.6 Å². The van der Waals surface area contributed by atoms with Crippen LogP contribution in [0, 0.1) is 5.92 Å². The van der Waals surface area contributed by atoms with E-state index >= 15 is 0 Å². The molecule has 0 bridgehead atoms. The predicted molar refractivity (Wildman–Crippen MR) is 107 cm³/mol. The number of piperidine rings is 1. The first-order valence-corrected chi connectivity index (χ1v) is 9.69. The first kappa shape index (κ1) is 17.7. The number of nitrogens with zero attached hydrogens (tertiary/aromatic N) is 1. The normalized spacial score (nSPS) is 18.0. The maximum atomic E-state index is 12.6. The van der Waals surface area contributed by atoms with Crippen molar-refractivity contribution in [2.24, 2.45) is 5.92 Å². The predicted octanol–water partition coefficient (Wildman–Crippen LogP) is 3.38. The van der Waals surface area contributed by atoms with Gasteiger partial charge in [-0.3, -0.25) is 4.79 Å². The van der Waals surface area contributed by atoms with E-state index in [-0.39, 0.29) is 11.5 Å². The number of likely N-dealkylation sites (tertiary alicyclic amines) is 1. The Balaban J connectivity index is 1.33. The Morgan fingerprint density at radius 2 is 1.89 bits per heavy atom. The maximum Gasteiger partial charge on any atom is 0.323 e. The number of carbonyl (C=O) groups is 1. The second-order valence-corrected chi connectivity index (χ2v) is 7.51. The molecule has 2 aromatic carbocycles. The number of H-pyrrole nitrogens is 2. The maximum absolute atomic E-state index is 12.6. The molecule has 5 nitrogen and oxygen atoms in total. The molecule has 0 saturated carbocycles. The summed E-state index contributed by atoms with van der Waals surface area (Å²) in [6.07, 6.45) is 4.08. The van der Waals surface area contributed by atoms with Crippen LogP contribution in [0.15, 0.2) is 53.3 Å². The molecule has 1 saturated heterocycles. The highest BCUT2D eigenvalue weighted by atomic mass is 16.1. The lowest BCUT2D eigenvalue weighted by atomic mass is 9.91. The molecule has 0 spiro atoms. The van der Waals surface area contributed by atoms with Gasteiger partial charge in [-0.25, -0.2) is 4.79 Å². The van der Waals surface area contributed by atoms with Crippen LogP contribution in [0.3, 0.4) is 0 Å². The fourth-order valence-corrected chi connectivity index (χ4v) is 4.08. The van der Waals surface area contributed by atoms with E-state index in [1.54, 1.807) is 18.2 Å². The van der Waals surface area contributed by atoms with E-state index in [1.165, 1.54) is 18.4 Å². The van der Waals surface area contributed by atoms with Crippen molar-refractivity contribution in [2.75, 3.05) is 19.6 Å². The van der Waals surface area contributed by atoms with Gasteiger partial charge >= 0.3 is 5.69 Å². The zero-order valence-electron chi connectivity index (χ0n) is 15.4. The molecule has 27 heavy (non-hydrogen) atoms. The molecule has 1 aromatic heterocycles. The van der Waals surface area contributed by atoms with Gasteiger partial charge < -0.3 is 14.9 Å². The number of aromatic nitrogens is 2. The summed E-state index contributed by atoms with van der Waals surface area (Å²) in [6.45, 7) is 2.93. The first-order chi connectivity index (χ1) is 13.2. The van der Waals surface area contributed by atoms with Crippen LogP contribution < -0.4 is 5.69 Å². The summed E-state index contributed by atoms with van der Waals surface area (Å²) in [5, 5.41) is 0. The van der Waals surface area contributed by atoms with Gasteiger partial charge in [-0.2, -0.15) is 0 Å². The van der Waals surface area contributed by atoms with E-state index < -0.39 is 0 Å². The Morgan fingerprint density at radius 1 is 1.07 bits per heavy atom. The van der Waals surface area contributed by atoms with Crippen molar-refractivity contribution in [1.29, 1.82) is 0 Å². The second kappa shape index (κ2) is 7.92. The highest BCUT2D eigenvalue weighted by Crippen LogP contribution is 2.21. The van der Waals surface area contributed by atoms with Crippen LogP contribution in [0.4, 0.5) is 0 Å². The van der Waals surface area contributed by atoms with E-state index in [2.05, 4.69) is 45.2 Å². The van der Waals surface area contributed by atoms with Crippen molar-refractivity contribution in [3.8, 4) is 0 Å². The van der Waals surface area contributed by atoms with Gasteiger partial charge in [0.15, 0.2) is 5.78 Å². The molecule has 2 heterocycles. The third-order valence-electron chi connectivity index (χ3n) is 5.46. The van der Waals surface area contributed by atoms with Crippen molar-refractivity contribution >= 4 is 16.8 Å². The zero-order valence-corrected chi connectivity index (χ0v) is 15.4. The van der Waals surface area contributed by atoms with E-state index in [0.29, 0.717) is 23.4 Å². The molecule has 140 valence electrons. The molecule has 1 aliphatic heterocycles. The van der Waals surface area contributed by atoms with E-state index in [4.69, 9.17) is 0 Å². The summed E-state index contributed by atoms with van der Waals surface area (Å²) in [7, 11) is 0. The summed E-state index contributed by atoms with van der Waals surface area (Å²) < 4.78 is 0. The monoisotopic (exact) mass is 363 g/mol. The minimum atomic E-state index is -0.243. The van der Waals surface area contributed by atoms with Crippen LogP contribution in [0.1, 0.15) is 35.2 Å². The Hall–Kier alpha value is -2.66. The van der Waals surface area contributed by atoms with Crippen LogP contribution in [-0.2, 0) is 6.42 Å². The number of carbonyl (C=O) groups excluding carboxylic acids is 1. The van der Waals surface area contributed by atoms with Crippen molar-refractivity contribution in [1.82, 2.24) is 14.9 Å². The number of Topliss-reactive ketones (excluding diaryl/α,β-unsaturated/α-hetero) is 1. The summed E-state index contributed by atoms with van der Waals surface area (Å²) in [6, 6.07) is 16.0. The minimum absolute atomic E-state index is 0.129. The van der Waals surface area contributed by atoms with Crippen molar-refractivity contribution in [3.05, 3.63) is 70.1 Å². The number of aromatic amines is 2. The van der Waals surface area contributed by atoms with Crippen molar-refractivity contribution in [3.63, 3.8) is 0 Å². The number of imidazole rings is 1. The summed E-state index contributed by atoms with van der Waals surface area (Å²) in [5.74, 6) is 0.793. The SMILES string of the molecule is O=C(CCN1CCC[C@H](Cc2ccccc2)C1)c1ccc2[nH]c(=O)[nH]c2c1. The number of benzene rings is 2. The number of hydrogen-bond acceptors (Lipinski definition) is 3. The van der Waals surface area contributed by atoms with Crippen molar-refractivity contribution < 1.29 is 4.79 Å². The Kier molecular flexibility index (Phi) is 5.21. The Labute approximate surface area is 158 Å². The topological polar surface area (TPSA) is 69.0 Å². The highest BCUT2D eigenvalue weighted by molar-refractivity contribution is 5.98. The van der Waals surface area contributed by atoms with Crippen LogP contribution in [0.25, 0.3) is 11.0 Å². The van der Waals surface area contributed by atoms with Gasteiger partial charge in [-0.15, -0.1) is 0 Å². The molecule has 0 unspecified atom stereocenters. The van der Waals surface area contributed by atoms with Gasteiger partial charge in [0.05, 0.1) is 11.0 Å². The molecular weight excluding hydrogens is 338 g/mol. The average Bonchev–Trinajstić information content (AvgIpc) is 3.06. The van der Waals surface area contributed by atoms with E-state index in [9.17, 15) is 9.59 Å². The molecule has 2 N–H and O–H groups in total. The lowest BCUT2D eigenvalue weighted by molar-refractivity contribution is 0.0946. The molecular formula is C22H25N3O2. The summed E-state index contributed by atoms with van der Waals surface area (Å²) in [4.78, 5) is 31.8. The second-order valence-electron chi connectivity index (χ2n) is 7.51. The largest absolute Gasteiger partial charge is 0.323 e. The van der Waals surface area contributed by atoms with Crippen LogP contribution in [0.5, 0.6) is 0 Å². The Bertz CT molecular complexity index is 974. The zero-order chi connectivity index (χ0) is 18.6. The number of hydrogen-bond donors (Lipinski definition) is 2. The van der Waals surface area contributed by atoms with Crippen LogP contribution >= 0.6 is 0 Å². The lowest BCUT2D eigenvalue weighted by Crippen LogP contribution is -2.37. The summed E-state index contributed by atoms with van der Waals surface area (Å²) >= 11 is 0. The molecule has 1 atom stereocenters. The van der Waals surface area contributed by atoms with Gasteiger partial charge in [0, 0.05) is 25.1 Å². The molecule has 5 heteroatoms. The number of rotatable bonds is 6. The lowest BCUT2D eigenvalue weighted by Gasteiger charge is -2.32. The molecule has 0 amide bonds. The minimum Gasteiger partial charge on any atom is -0.306 e. The molecule has 1 aliphatic rings. The van der Waals surface area contributed by atoms with Crippen LogP contribution in [0.2, 0.25) is 0 Å².